The van der Waals surface area contributed by atoms with Crippen LogP contribution in [0.15, 0.2) is 200 Å². The monoisotopic (exact) mass is 994 g/mol. The lowest BCUT2D eigenvalue weighted by Crippen LogP contribution is -2.56. The Balaban J connectivity index is 1.19. The van der Waals surface area contributed by atoms with E-state index in [4.69, 9.17) is 0 Å². The van der Waals surface area contributed by atoms with Gasteiger partial charge in [0.1, 0.15) is 0 Å². The number of aryl methyl sites for hydroxylation is 12. The Labute approximate surface area is 459 Å². The molecule has 0 saturated heterocycles. The van der Waals surface area contributed by atoms with Crippen LogP contribution in [0.2, 0.25) is 0 Å². The third-order valence-electron chi connectivity index (χ3n) is 16.4. The van der Waals surface area contributed by atoms with Crippen molar-refractivity contribution in [3.63, 3.8) is 0 Å². The Morgan fingerprint density at radius 3 is 0.805 bits per heavy atom. The number of rotatable bonds is 11. The quantitative estimate of drug-likeness (QED) is 0.0899. The molecule has 1 nitrogen and oxygen atoms in total. The number of nitrogens with zero attached hydrogens (tertiary/aromatic N) is 1. The Morgan fingerprint density at radius 2 is 0.532 bits per heavy atom. The van der Waals surface area contributed by atoms with Gasteiger partial charge in [-0.1, -0.05) is 275 Å². The average molecular weight is 994 g/mol. The van der Waals surface area contributed by atoms with Crippen LogP contribution in [0.25, 0.3) is 38.6 Å². The van der Waals surface area contributed by atoms with Crippen molar-refractivity contribution in [1.29, 1.82) is 0 Å². The van der Waals surface area contributed by atoms with E-state index in [9.17, 15) is 0 Å². The summed E-state index contributed by atoms with van der Waals surface area (Å²) in [5.74, 6) is 0. The second-order valence-corrected chi connectivity index (χ2v) is 22.4. The Morgan fingerprint density at radius 1 is 0.273 bits per heavy atom. The molecule has 0 aliphatic rings. The first-order chi connectivity index (χ1) is 37.1. The molecule has 0 atom stereocenters. The summed E-state index contributed by atoms with van der Waals surface area (Å²) in [6.07, 6.45) is 0. The number of fused-ring (bicyclic) bond motifs is 3. The van der Waals surface area contributed by atoms with E-state index < -0.39 is 0 Å². The van der Waals surface area contributed by atoms with E-state index in [1.807, 2.05) is 0 Å². The Bertz CT molecular complexity index is 3660. The van der Waals surface area contributed by atoms with Crippen molar-refractivity contribution < 1.29 is 0 Å². The SMILES string of the molecule is Cc1cc(C)c(B(c2ccc3c(c2)c2cc(B(c4c(C)cc(C)cc4C)c4c(C)cc(C)cc4C)ccc2n3-c2ccc(C(=C(c3ccccc3)c3ccccc3)c3ccccc3)cc2)c2c(C)cc(C)cc2C)c(C)c1. The first-order valence-corrected chi connectivity index (χ1v) is 27.6. The van der Waals surface area contributed by atoms with Crippen LogP contribution in [0.5, 0.6) is 0 Å². The molecule has 11 rings (SSSR count). The minimum Gasteiger partial charge on any atom is -0.309 e. The predicted octanol–water partition coefficient (Wildman–Crippen LogP) is 14.5. The van der Waals surface area contributed by atoms with Gasteiger partial charge in [0.05, 0.1) is 11.0 Å². The van der Waals surface area contributed by atoms with E-state index in [1.54, 1.807) is 0 Å². The highest BCUT2D eigenvalue weighted by molar-refractivity contribution is 6.97. The molecule has 0 fully saturated rings. The summed E-state index contributed by atoms with van der Waals surface area (Å²) in [7, 11) is 0. The van der Waals surface area contributed by atoms with Crippen LogP contribution in [0, 0.1) is 83.1 Å². The molecule has 0 amide bonds. The highest BCUT2D eigenvalue weighted by atomic mass is 15.0. The summed E-state index contributed by atoms with van der Waals surface area (Å²) >= 11 is 0. The van der Waals surface area contributed by atoms with E-state index in [-0.39, 0.29) is 13.4 Å². The van der Waals surface area contributed by atoms with Crippen molar-refractivity contribution in [2.24, 2.45) is 0 Å². The highest BCUT2D eigenvalue weighted by Gasteiger charge is 2.32. The predicted molar refractivity (Wildman–Crippen MR) is 337 cm³/mol. The van der Waals surface area contributed by atoms with Gasteiger partial charge in [-0.15, -0.1) is 0 Å². The van der Waals surface area contributed by atoms with Crippen molar-refractivity contribution in [3.05, 3.63) is 289 Å². The van der Waals surface area contributed by atoms with Gasteiger partial charge >= 0.3 is 0 Å². The van der Waals surface area contributed by atoms with Crippen molar-refractivity contribution in [2.75, 3.05) is 0 Å². The lowest BCUT2D eigenvalue weighted by molar-refractivity contribution is 1.18. The minimum atomic E-state index is 0.0385. The Hall–Kier alpha value is -8.13. The smallest absolute Gasteiger partial charge is 0.242 e. The van der Waals surface area contributed by atoms with Crippen LogP contribution in [0.4, 0.5) is 0 Å². The first-order valence-electron chi connectivity index (χ1n) is 27.6. The summed E-state index contributed by atoms with van der Waals surface area (Å²) in [5, 5.41) is 2.51. The zero-order valence-electron chi connectivity index (χ0n) is 47.2. The molecule has 1 heterocycles. The lowest BCUT2D eigenvalue weighted by atomic mass is 9.34. The standard InChI is InChI=1S/C74H69B2N/c1-46-36-50(5)71(51(6)37-46)75(72-52(7)38-47(2)39-53(72)8)62-30-34-67-65(44-62)66-45-63(76(73-54(9)40-48(3)41-55(73)10)74-56(11)42-49(4)43-57(74)12)31-35-68(66)77(67)64-32-28-61(29-33-64)70(60-26-20-15-21-27-60)69(58-22-16-13-17-23-58)59-24-18-14-19-25-59/h13-45H,1-12H3. The number of hydrogen-bond donors (Lipinski definition) is 0. The topological polar surface area (TPSA) is 4.93 Å². The second kappa shape index (κ2) is 20.8. The van der Waals surface area contributed by atoms with Gasteiger partial charge in [0.2, 0.25) is 13.4 Å². The van der Waals surface area contributed by atoms with Gasteiger partial charge in [-0.25, -0.2) is 0 Å². The summed E-state index contributed by atoms with van der Waals surface area (Å²) in [6.45, 7) is 27.5. The maximum atomic E-state index is 2.55. The normalized spacial score (nSPS) is 11.4. The van der Waals surface area contributed by atoms with Gasteiger partial charge in [0.25, 0.3) is 0 Å². The van der Waals surface area contributed by atoms with Gasteiger partial charge in [0, 0.05) is 16.5 Å². The summed E-state index contributed by atoms with van der Waals surface area (Å²) in [5.41, 5.74) is 34.7. The lowest BCUT2D eigenvalue weighted by Gasteiger charge is -2.25. The van der Waals surface area contributed by atoms with Crippen molar-refractivity contribution >= 4 is 79.2 Å². The van der Waals surface area contributed by atoms with Crippen LogP contribution in [-0.4, -0.2) is 18.0 Å². The minimum absolute atomic E-state index is 0.0385. The van der Waals surface area contributed by atoms with Crippen LogP contribution in [0.3, 0.4) is 0 Å². The van der Waals surface area contributed by atoms with Crippen molar-refractivity contribution in [1.82, 2.24) is 4.57 Å². The maximum Gasteiger partial charge on any atom is 0.242 e. The fourth-order valence-corrected chi connectivity index (χ4v) is 13.7. The molecule has 11 aromatic rings. The van der Waals surface area contributed by atoms with Crippen LogP contribution >= 0.6 is 0 Å². The van der Waals surface area contributed by atoms with Crippen LogP contribution in [-0.2, 0) is 0 Å². The van der Waals surface area contributed by atoms with Gasteiger partial charge in [-0.2, -0.15) is 0 Å². The first kappa shape index (κ1) is 51.0. The maximum absolute atomic E-state index is 2.55. The van der Waals surface area contributed by atoms with Gasteiger partial charge in [-0.05, 0) is 141 Å². The molecule has 3 heteroatoms. The second-order valence-electron chi connectivity index (χ2n) is 22.4. The third kappa shape index (κ3) is 9.52. The molecule has 77 heavy (non-hydrogen) atoms. The van der Waals surface area contributed by atoms with Gasteiger partial charge in [-0.3, -0.25) is 0 Å². The zero-order valence-corrected chi connectivity index (χ0v) is 47.2. The van der Waals surface area contributed by atoms with Crippen LogP contribution < -0.4 is 32.8 Å². The van der Waals surface area contributed by atoms with E-state index in [0.29, 0.717) is 0 Å². The van der Waals surface area contributed by atoms with E-state index in [2.05, 4.69) is 288 Å². The molecule has 0 aliphatic carbocycles. The van der Waals surface area contributed by atoms with Gasteiger partial charge in [0.15, 0.2) is 0 Å². The van der Waals surface area contributed by atoms with E-state index in [1.165, 1.54) is 155 Å². The molecule has 376 valence electrons. The summed E-state index contributed by atoms with van der Waals surface area (Å²) < 4.78 is 2.52. The zero-order chi connectivity index (χ0) is 53.8. The summed E-state index contributed by atoms with van der Waals surface area (Å²) in [4.78, 5) is 0. The number of benzene rings is 10. The molecule has 0 aliphatic heterocycles. The largest absolute Gasteiger partial charge is 0.309 e. The molecule has 10 aromatic carbocycles. The number of hydrogen-bond acceptors (Lipinski definition) is 0. The number of aromatic nitrogens is 1. The molecule has 0 saturated carbocycles. The average Bonchev–Trinajstić information content (AvgIpc) is 3.72. The molecular weight excluding hydrogens is 924 g/mol. The summed E-state index contributed by atoms with van der Waals surface area (Å²) in [6, 6.07) is 75.8. The molecule has 0 spiro atoms. The molecule has 0 N–H and O–H groups in total. The van der Waals surface area contributed by atoms with E-state index in [0.717, 1.165) is 5.69 Å². The van der Waals surface area contributed by atoms with Crippen molar-refractivity contribution in [3.8, 4) is 5.69 Å². The van der Waals surface area contributed by atoms with Crippen LogP contribution in [0.1, 0.15) is 89.0 Å². The fourth-order valence-electron chi connectivity index (χ4n) is 13.7. The third-order valence-corrected chi connectivity index (χ3v) is 16.4. The van der Waals surface area contributed by atoms with Crippen molar-refractivity contribution in [2.45, 2.75) is 83.1 Å². The molecule has 1 aromatic heterocycles. The molecule has 0 unspecified atom stereocenters. The molecule has 0 bridgehead atoms. The van der Waals surface area contributed by atoms with Gasteiger partial charge < -0.3 is 4.57 Å². The molecule has 0 radical (unpaired) electrons. The Kier molecular flexibility index (Phi) is 13.8. The highest BCUT2D eigenvalue weighted by Crippen LogP contribution is 2.38. The molecular formula is C74H69B2N. The van der Waals surface area contributed by atoms with E-state index >= 15 is 0 Å². The fraction of sp³-hybridized carbons (Fsp3) is 0.162.